The molecule has 20 nitrogen and oxygen atoms in total. The number of aldehydes is 1. The van der Waals surface area contributed by atoms with Crippen molar-refractivity contribution in [3.05, 3.63) is 47.5 Å². The number of rotatable bonds is 3. The lowest BCUT2D eigenvalue weighted by Crippen LogP contribution is -2.23. The van der Waals surface area contributed by atoms with Gasteiger partial charge in [0, 0.05) is 65.4 Å². The Labute approximate surface area is 442 Å². The Balaban J connectivity index is 0.000000828. The molecule has 2 amide bonds. The molecule has 1 aromatic rings. The van der Waals surface area contributed by atoms with Crippen molar-refractivity contribution in [2.75, 3.05) is 100 Å². The second-order valence-corrected chi connectivity index (χ2v) is 18.5. The Morgan fingerprint density at radius 1 is 0.703 bits per heavy atom. The molecule has 74 heavy (non-hydrogen) atoms. The highest BCUT2D eigenvalue weighted by Crippen LogP contribution is 2.28. The van der Waals surface area contributed by atoms with Gasteiger partial charge in [-0.25, -0.2) is 0 Å². The van der Waals surface area contributed by atoms with Crippen LogP contribution in [0.2, 0.25) is 0 Å². The van der Waals surface area contributed by atoms with E-state index in [-0.39, 0.29) is 59.4 Å². The van der Waals surface area contributed by atoms with Crippen LogP contribution < -0.4 is 10.6 Å². The van der Waals surface area contributed by atoms with Gasteiger partial charge in [-0.05, 0) is 67.0 Å². The lowest BCUT2D eigenvalue weighted by atomic mass is 9.99. The smallest absolute Gasteiger partial charge is 0.410 e. The molecular weight excluding hydrogens is 991 g/mol. The maximum Gasteiger partial charge on any atom is 0.446 e. The van der Waals surface area contributed by atoms with Crippen LogP contribution in [0.4, 0.5) is 13.2 Å². The van der Waals surface area contributed by atoms with Gasteiger partial charge in [-0.15, -0.1) is 0 Å². The van der Waals surface area contributed by atoms with Gasteiger partial charge in [-0.3, -0.25) is 24.6 Å². The van der Waals surface area contributed by atoms with Crippen molar-refractivity contribution in [3.63, 3.8) is 0 Å². The summed E-state index contributed by atoms with van der Waals surface area (Å²) in [5, 5.41) is 40.5. The predicted octanol–water partition coefficient (Wildman–Crippen LogP) is 6.08. The standard InChI is InChI=1S/C8H14N2O.C8H5NO2.C7H12N2O2.2C7H12N2O.C5H9N.C2H4ClNO.C2HF3O.4CH4/c1-3-7-6-4-10(2)5-8(6)11-9-7;10-7-5-3-1-2-4-6(5)8(11)9-7;1-9-2-5-6(4-10)8-11-7(5)3-9;1-5-6-3-9(2)4-7(6)10-8-5;1-2-6-5-3-8-4-7(5)10-9-6;1-6-4-2-3-5-6;1-2(3)4-5;3-2(4,5)1-6;;;;/h6,8H,3-5H2,1-2H3;1-4H,(H,9,10,11);5,7,10H,2-4H2,1H3;6-7H,3-4H2,1-2H3;5,7-8H,2-4H2,1H3;2-3H,4-5H2,1H3;5H,1H3;1H;4*1H4/b;;;;;;4-2-;;;;;/t6-,8-;;5-,7-;6-,7-;5-,7-;;;;;;;/m0.000......./s1. The average molecular weight is 1080 g/mol. The van der Waals surface area contributed by atoms with Crippen LogP contribution in [0, 0.1) is 23.7 Å². The van der Waals surface area contributed by atoms with Gasteiger partial charge >= 0.3 is 6.18 Å². The molecule has 4 fully saturated rings. The molecule has 4 N–H and O–H groups in total. The Kier molecular flexibility index (Phi) is 31.5. The van der Waals surface area contributed by atoms with E-state index in [1.54, 1.807) is 24.3 Å². The van der Waals surface area contributed by atoms with Crippen LogP contribution in [0.3, 0.4) is 0 Å². The van der Waals surface area contributed by atoms with E-state index in [0.29, 0.717) is 53.1 Å². The van der Waals surface area contributed by atoms with Gasteiger partial charge in [0.2, 0.25) is 6.29 Å². The highest BCUT2D eigenvalue weighted by Gasteiger charge is 2.42. The molecule has 10 aliphatic heterocycles. The Morgan fingerprint density at radius 3 is 1.49 bits per heavy atom. The molecule has 0 spiro atoms. The van der Waals surface area contributed by atoms with E-state index in [9.17, 15) is 22.8 Å². The molecule has 1 aromatic carbocycles. The van der Waals surface area contributed by atoms with Crippen molar-refractivity contribution in [2.45, 2.75) is 101 Å². The molecule has 422 valence electrons. The number of oxime groups is 5. The molecule has 11 rings (SSSR count). The number of hydrogen-bond acceptors (Lipinski definition) is 19. The van der Waals surface area contributed by atoms with E-state index in [0.717, 1.165) is 89.7 Å². The minimum Gasteiger partial charge on any atom is -0.410 e. The minimum atomic E-state index is -4.64. The highest BCUT2D eigenvalue weighted by atomic mass is 35.5. The van der Waals surface area contributed by atoms with Crippen LogP contribution in [0.15, 0.2) is 62.2 Å². The zero-order valence-corrected chi connectivity index (χ0v) is 41.9. The predicted molar refractivity (Wildman–Crippen MR) is 287 cm³/mol. The first-order chi connectivity index (χ1) is 33.3. The number of likely N-dealkylation sites (tertiary alicyclic amines) is 3. The number of nitrogens with zero attached hydrogens (tertiary/aromatic N) is 9. The lowest BCUT2D eigenvalue weighted by molar-refractivity contribution is -0.156. The quantitative estimate of drug-likeness (QED) is 0.0672. The molecule has 10 heterocycles. The second kappa shape index (κ2) is 33.8. The fourth-order valence-corrected chi connectivity index (χ4v) is 8.67. The molecule has 4 saturated heterocycles. The van der Waals surface area contributed by atoms with Gasteiger partial charge in [0.05, 0.1) is 64.3 Å². The molecule has 8 atom stereocenters. The highest BCUT2D eigenvalue weighted by molar-refractivity contribution is 6.64. The number of fused-ring (bicyclic) bond motifs is 5. The van der Waals surface area contributed by atoms with Crippen LogP contribution in [-0.4, -0.2) is 207 Å². The number of carbonyl (C=O) groups excluding carboxylic acids is 3. The van der Waals surface area contributed by atoms with Crippen LogP contribution in [0.5, 0.6) is 0 Å². The summed E-state index contributed by atoms with van der Waals surface area (Å²) < 4.78 is 31.2. The monoisotopic (exact) mass is 1080 g/mol. The van der Waals surface area contributed by atoms with E-state index >= 15 is 0 Å². The number of alkyl halides is 3. The fourth-order valence-electron chi connectivity index (χ4n) is 8.67. The Hall–Kier alpha value is -5.04. The molecule has 0 unspecified atom stereocenters. The lowest BCUT2D eigenvalue weighted by Gasteiger charge is -2.06. The molecule has 0 bridgehead atoms. The number of aliphatic hydroxyl groups excluding tert-OH is 1. The summed E-state index contributed by atoms with van der Waals surface area (Å²) in [5.74, 6) is 1.47. The van der Waals surface area contributed by atoms with E-state index in [2.05, 4.69) is 110 Å². The number of imide groups is 1. The maximum atomic E-state index is 10.9. The van der Waals surface area contributed by atoms with Crippen LogP contribution in [0.25, 0.3) is 0 Å². The molecule has 0 aromatic heterocycles. The zero-order valence-electron chi connectivity index (χ0n) is 41.1. The molecule has 0 radical (unpaired) electrons. The van der Waals surface area contributed by atoms with Gasteiger partial charge < -0.3 is 49.7 Å². The Bertz CT molecular complexity index is 1990. The van der Waals surface area contributed by atoms with Crippen LogP contribution in [0.1, 0.15) is 91.0 Å². The number of nitrogens with one attached hydrogen (secondary N) is 2. The third kappa shape index (κ3) is 20.9. The van der Waals surface area contributed by atoms with Crippen molar-refractivity contribution in [1.82, 2.24) is 30.2 Å². The summed E-state index contributed by atoms with van der Waals surface area (Å²) in [6.07, 6.45) is 1.97. The third-order valence-corrected chi connectivity index (χ3v) is 12.5. The summed E-state index contributed by atoms with van der Waals surface area (Å²) >= 11 is 4.96. The van der Waals surface area contributed by atoms with Crippen molar-refractivity contribution < 1.29 is 57.2 Å². The number of aliphatic hydroxyl groups is 1. The SMILES string of the molecule is C.C.C.C.C/C(Cl)=N/O.CC1=NO[C@H]2CN(C)C[C@@H]12.CCC1=NO[C@H]2CN(C)C[C@@H]12.CCC1=NO[C@H]2CNC[C@@H]12.CN1CC=CC1.CN1C[C@@H]2ON=C(CO)[C@@H]2C1.O=C1NC(=O)c2ccccc21.O=CC(F)(F)F. The topological polar surface area (TPSA) is 227 Å². The maximum absolute atomic E-state index is 10.9. The molecular formula is C50H85ClF3N11O9. The van der Waals surface area contributed by atoms with E-state index < -0.39 is 12.5 Å². The number of halogens is 4. The summed E-state index contributed by atoms with van der Waals surface area (Å²) in [5.41, 5.74) is 5.39. The number of benzene rings is 1. The summed E-state index contributed by atoms with van der Waals surface area (Å²) in [4.78, 5) is 60.5. The second-order valence-electron chi connectivity index (χ2n) is 17.9. The summed E-state index contributed by atoms with van der Waals surface area (Å²) in [7, 11) is 8.42. The van der Waals surface area contributed by atoms with Gasteiger partial charge in [-0.2, -0.15) is 13.2 Å². The van der Waals surface area contributed by atoms with E-state index in [1.165, 1.54) is 18.3 Å². The van der Waals surface area contributed by atoms with Crippen LogP contribution in [-0.2, 0) is 24.1 Å². The zero-order chi connectivity index (χ0) is 51.5. The van der Waals surface area contributed by atoms with Gasteiger partial charge in [0.1, 0.15) is 29.6 Å². The Morgan fingerprint density at radius 2 is 1.09 bits per heavy atom. The normalized spacial score (nSPS) is 27.0. The largest absolute Gasteiger partial charge is 0.446 e. The first-order valence-electron chi connectivity index (χ1n) is 23.2. The fraction of sp³-hybridized carbons (Fsp3) is 0.680. The van der Waals surface area contributed by atoms with E-state index in [1.807, 2.05) is 6.92 Å². The van der Waals surface area contributed by atoms with Crippen LogP contribution >= 0.6 is 11.6 Å². The third-order valence-electron chi connectivity index (χ3n) is 12.4. The van der Waals surface area contributed by atoms with Crippen molar-refractivity contribution in [1.29, 1.82) is 0 Å². The number of hydrogen-bond donors (Lipinski definition) is 4. The summed E-state index contributed by atoms with van der Waals surface area (Å²) in [6.45, 7) is 18.3. The molecule has 0 aliphatic carbocycles. The van der Waals surface area contributed by atoms with Crippen molar-refractivity contribution >= 4 is 57.7 Å². The van der Waals surface area contributed by atoms with Crippen molar-refractivity contribution in [2.24, 2.45) is 49.5 Å². The van der Waals surface area contributed by atoms with Gasteiger partial charge in [-0.1, -0.05) is 105 Å². The number of amides is 2. The molecule has 24 heteroatoms. The number of carbonyl (C=O) groups is 3. The molecule has 10 aliphatic rings. The van der Waals surface area contributed by atoms with Gasteiger partial charge in [0.15, 0.2) is 0 Å². The minimum absolute atomic E-state index is 0. The van der Waals surface area contributed by atoms with Gasteiger partial charge in [0.25, 0.3) is 11.8 Å². The summed E-state index contributed by atoms with van der Waals surface area (Å²) in [6, 6.07) is 6.74. The first kappa shape index (κ1) is 69.0. The first-order valence-corrected chi connectivity index (χ1v) is 23.6. The number of likely N-dealkylation sites (N-methyl/N-ethyl adjacent to an activating group) is 4. The van der Waals surface area contributed by atoms with E-state index in [4.69, 9.17) is 46.1 Å². The molecule has 0 saturated carbocycles. The average Bonchev–Trinajstić information content (AvgIpc) is 4.18. The van der Waals surface area contributed by atoms with Crippen molar-refractivity contribution in [3.8, 4) is 0 Å².